The lowest BCUT2D eigenvalue weighted by atomic mass is 9.91. The maximum atomic E-state index is 13.9. The SMILES string of the molecule is O=C(Cc1ccc(O)cc1)NC=C1CC([O-])=C(F)C=C1C(O)CCN1CCCC1. The molecule has 3 N–H and O–H groups in total. The van der Waals surface area contributed by atoms with Crippen LogP contribution >= 0.6 is 0 Å². The molecule has 1 atom stereocenters. The lowest BCUT2D eigenvalue weighted by Gasteiger charge is -2.27. The normalized spacial score (nSPS) is 20.1. The predicted molar refractivity (Wildman–Crippen MR) is 105 cm³/mol. The van der Waals surface area contributed by atoms with E-state index in [0.29, 0.717) is 24.1 Å². The summed E-state index contributed by atoms with van der Waals surface area (Å²) < 4.78 is 13.9. The first-order valence-electron chi connectivity index (χ1n) is 9.86. The van der Waals surface area contributed by atoms with Crippen molar-refractivity contribution in [3.63, 3.8) is 0 Å². The minimum Gasteiger partial charge on any atom is -0.873 e. The molecule has 1 aliphatic carbocycles. The number of aromatic hydroxyl groups is 1. The highest BCUT2D eigenvalue weighted by Crippen LogP contribution is 2.30. The zero-order valence-electron chi connectivity index (χ0n) is 16.2. The number of amides is 1. The van der Waals surface area contributed by atoms with Crippen LogP contribution in [0, 0.1) is 0 Å². The number of carbonyl (C=O) groups is 1. The molecule has 0 spiro atoms. The predicted octanol–water partition coefficient (Wildman–Crippen LogP) is 1.65. The fourth-order valence-electron chi connectivity index (χ4n) is 3.60. The quantitative estimate of drug-likeness (QED) is 0.646. The van der Waals surface area contributed by atoms with Crippen molar-refractivity contribution in [2.24, 2.45) is 0 Å². The number of carbonyl (C=O) groups excluding carboxylic acids is 1. The Hall–Kier alpha value is -2.64. The standard InChI is InChI=1S/C22H27FN2O4/c23-19-13-18(20(27)7-10-25-8-1-2-9-25)16(12-21(19)28)14-24-22(29)11-15-3-5-17(26)6-4-15/h3-6,13-14,20,26-28H,1-2,7-12H2,(H,24,29)/p-1. The van der Waals surface area contributed by atoms with E-state index in [-0.39, 0.29) is 24.5 Å². The van der Waals surface area contributed by atoms with E-state index in [2.05, 4.69) is 10.2 Å². The first-order valence-corrected chi connectivity index (χ1v) is 9.86. The Morgan fingerprint density at radius 3 is 2.66 bits per heavy atom. The maximum Gasteiger partial charge on any atom is 0.228 e. The minimum absolute atomic E-state index is 0.0923. The van der Waals surface area contributed by atoms with Crippen LogP contribution in [-0.2, 0) is 11.2 Å². The van der Waals surface area contributed by atoms with E-state index in [1.807, 2.05) is 0 Å². The largest absolute Gasteiger partial charge is 0.873 e. The number of allylic oxidation sites excluding steroid dienone is 3. The number of likely N-dealkylation sites (tertiary alicyclic amines) is 1. The van der Waals surface area contributed by atoms with Crippen LogP contribution in [0.4, 0.5) is 4.39 Å². The Balaban J connectivity index is 1.63. The number of benzene rings is 1. The van der Waals surface area contributed by atoms with Gasteiger partial charge in [0.2, 0.25) is 5.91 Å². The van der Waals surface area contributed by atoms with Crippen molar-refractivity contribution in [1.82, 2.24) is 10.2 Å². The van der Waals surface area contributed by atoms with Gasteiger partial charge >= 0.3 is 0 Å². The van der Waals surface area contributed by atoms with E-state index >= 15 is 0 Å². The molecule has 1 aromatic rings. The average molecular weight is 401 g/mol. The fourth-order valence-corrected chi connectivity index (χ4v) is 3.60. The van der Waals surface area contributed by atoms with Gasteiger partial charge in [-0.1, -0.05) is 17.9 Å². The molecule has 0 radical (unpaired) electrons. The van der Waals surface area contributed by atoms with Crippen LogP contribution in [0.5, 0.6) is 5.75 Å². The molecule has 1 heterocycles. The Kier molecular flexibility index (Phi) is 7.06. The number of nitrogens with zero attached hydrogens (tertiary/aromatic N) is 1. The number of phenolic OH excluding ortho intramolecular Hbond substituents is 1. The summed E-state index contributed by atoms with van der Waals surface area (Å²) in [6, 6.07) is 6.28. The molecule has 1 aliphatic heterocycles. The fraction of sp³-hybridized carbons (Fsp3) is 0.409. The molecule has 1 saturated heterocycles. The molecular formula is C22H26FN2O4-. The number of rotatable bonds is 7. The summed E-state index contributed by atoms with van der Waals surface area (Å²) in [4.78, 5) is 14.4. The number of halogens is 1. The van der Waals surface area contributed by atoms with Gasteiger partial charge in [0.15, 0.2) is 0 Å². The molecule has 0 saturated carbocycles. The van der Waals surface area contributed by atoms with Crippen molar-refractivity contribution in [2.45, 2.75) is 38.2 Å². The summed E-state index contributed by atoms with van der Waals surface area (Å²) in [5, 5.41) is 34.3. The van der Waals surface area contributed by atoms with Crippen molar-refractivity contribution in [2.75, 3.05) is 19.6 Å². The molecule has 3 rings (SSSR count). The molecule has 0 aromatic heterocycles. The first kappa shape index (κ1) is 21.1. The van der Waals surface area contributed by atoms with E-state index in [9.17, 15) is 24.5 Å². The highest BCUT2D eigenvalue weighted by Gasteiger charge is 2.22. The van der Waals surface area contributed by atoms with Gasteiger partial charge in [-0.3, -0.25) is 4.79 Å². The molecule has 1 fully saturated rings. The average Bonchev–Trinajstić information content (AvgIpc) is 3.22. The molecule has 1 aromatic carbocycles. The summed E-state index contributed by atoms with van der Waals surface area (Å²) in [5.41, 5.74) is 1.48. The van der Waals surface area contributed by atoms with Gasteiger partial charge in [0.05, 0.1) is 12.5 Å². The number of phenols is 1. The van der Waals surface area contributed by atoms with Gasteiger partial charge in [-0.2, -0.15) is 0 Å². The van der Waals surface area contributed by atoms with Gasteiger partial charge in [0, 0.05) is 12.7 Å². The molecule has 2 aliphatic rings. The van der Waals surface area contributed by atoms with Crippen LogP contribution in [0.1, 0.15) is 31.2 Å². The van der Waals surface area contributed by atoms with Crippen molar-refractivity contribution in [3.8, 4) is 5.75 Å². The maximum absolute atomic E-state index is 13.9. The number of aliphatic hydroxyl groups is 1. The van der Waals surface area contributed by atoms with E-state index in [1.54, 1.807) is 12.1 Å². The van der Waals surface area contributed by atoms with Gasteiger partial charge in [-0.15, -0.1) is 0 Å². The van der Waals surface area contributed by atoms with Crippen molar-refractivity contribution in [1.29, 1.82) is 0 Å². The first-order chi connectivity index (χ1) is 13.9. The van der Waals surface area contributed by atoms with E-state index in [0.717, 1.165) is 37.6 Å². The van der Waals surface area contributed by atoms with Gasteiger partial charge < -0.3 is 25.5 Å². The van der Waals surface area contributed by atoms with Crippen LogP contribution < -0.4 is 10.4 Å². The number of hydrogen-bond acceptors (Lipinski definition) is 5. The lowest BCUT2D eigenvalue weighted by Crippen LogP contribution is -2.27. The van der Waals surface area contributed by atoms with E-state index in [4.69, 9.17) is 0 Å². The number of aliphatic hydroxyl groups excluding tert-OH is 1. The molecule has 6 nitrogen and oxygen atoms in total. The third-order valence-electron chi connectivity index (χ3n) is 5.26. The lowest BCUT2D eigenvalue weighted by molar-refractivity contribution is -0.308. The molecule has 156 valence electrons. The third-order valence-corrected chi connectivity index (χ3v) is 5.26. The van der Waals surface area contributed by atoms with Crippen molar-refractivity contribution < 1.29 is 24.5 Å². The van der Waals surface area contributed by atoms with E-state index in [1.165, 1.54) is 18.3 Å². The molecule has 29 heavy (non-hydrogen) atoms. The minimum atomic E-state index is -0.908. The summed E-state index contributed by atoms with van der Waals surface area (Å²) >= 11 is 0. The van der Waals surface area contributed by atoms with Crippen LogP contribution in [0.2, 0.25) is 0 Å². The molecule has 0 bridgehead atoms. The summed E-state index contributed by atoms with van der Waals surface area (Å²) in [6.45, 7) is 2.70. The van der Waals surface area contributed by atoms with Gasteiger partial charge in [-0.25, -0.2) is 4.39 Å². The molecule has 7 heteroatoms. The number of nitrogens with one attached hydrogen (secondary N) is 1. The van der Waals surface area contributed by atoms with Crippen LogP contribution in [0.25, 0.3) is 0 Å². The summed E-state index contributed by atoms with van der Waals surface area (Å²) in [5.74, 6) is -1.73. The van der Waals surface area contributed by atoms with Gasteiger partial charge in [-0.05, 0) is 73.7 Å². The van der Waals surface area contributed by atoms with Crippen LogP contribution in [0.3, 0.4) is 0 Å². The number of hydrogen-bond donors (Lipinski definition) is 3. The molecular weight excluding hydrogens is 375 g/mol. The van der Waals surface area contributed by atoms with E-state index < -0.39 is 17.7 Å². The summed E-state index contributed by atoms with van der Waals surface area (Å²) in [7, 11) is 0. The third kappa shape index (κ3) is 5.92. The Morgan fingerprint density at radius 2 is 1.97 bits per heavy atom. The van der Waals surface area contributed by atoms with Gasteiger partial charge in [0.25, 0.3) is 0 Å². The molecule has 1 amide bonds. The topological polar surface area (TPSA) is 95.9 Å². The van der Waals surface area contributed by atoms with Gasteiger partial charge in [0.1, 0.15) is 11.6 Å². The highest BCUT2D eigenvalue weighted by atomic mass is 19.1. The van der Waals surface area contributed by atoms with Crippen LogP contribution in [-0.4, -0.2) is 46.8 Å². The Bertz CT molecular complexity index is 824. The Morgan fingerprint density at radius 1 is 1.28 bits per heavy atom. The highest BCUT2D eigenvalue weighted by molar-refractivity contribution is 5.79. The zero-order chi connectivity index (χ0) is 20.8. The monoisotopic (exact) mass is 401 g/mol. The molecule has 1 unspecified atom stereocenters. The second-order valence-corrected chi connectivity index (χ2v) is 7.48. The Labute approximate surface area is 169 Å². The summed E-state index contributed by atoms with van der Waals surface area (Å²) in [6.07, 6.45) is 4.19. The smallest absolute Gasteiger partial charge is 0.228 e. The second kappa shape index (κ2) is 9.71. The zero-order valence-corrected chi connectivity index (χ0v) is 16.2. The second-order valence-electron chi connectivity index (χ2n) is 7.48. The van der Waals surface area contributed by atoms with Crippen molar-refractivity contribution in [3.05, 3.63) is 64.8 Å². The van der Waals surface area contributed by atoms with Crippen LogP contribution in [0.15, 0.2) is 59.3 Å². The van der Waals surface area contributed by atoms with Crippen molar-refractivity contribution >= 4 is 5.91 Å².